The molecule has 7 heteroatoms. The van der Waals surface area contributed by atoms with Crippen molar-refractivity contribution in [1.82, 2.24) is 5.32 Å². The number of ether oxygens (including phenoxy) is 1. The molecule has 1 heterocycles. The second kappa shape index (κ2) is 4.86. The Morgan fingerprint density at radius 3 is 2.40 bits per heavy atom. The minimum absolute atomic E-state index is 0.462. The van der Waals surface area contributed by atoms with Crippen LogP contribution in [-0.4, -0.2) is 63.6 Å². The Balaban J connectivity index is 2.70. The summed E-state index contributed by atoms with van der Waals surface area (Å²) >= 11 is 0. The number of amides is 1. The van der Waals surface area contributed by atoms with E-state index in [1.165, 1.54) is 6.92 Å². The third-order valence-corrected chi connectivity index (χ3v) is 2.27. The summed E-state index contributed by atoms with van der Waals surface area (Å²) in [5.41, 5.74) is 0. The van der Waals surface area contributed by atoms with Crippen molar-refractivity contribution in [3.05, 3.63) is 0 Å². The highest BCUT2D eigenvalue weighted by atomic mass is 16.6. The first kappa shape index (κ1) is 12.3. The van der Waals surface area contributed by atoms with Crippen LogP contribution in [0.2, 0.25) is 0 Å². The molecule has 15 heavy (non-hydrogen) atoms. The lowest BCUT2D eigenvalue weighted by Crippen LogP contribution is -2.63. The maximum atomic E-state index is 10.7. The predicted octanol–water partition coefficient (Wildman–Crippen LogP) is -3.08. The Hall–Kier alpha value is -0.730. The molecule has 5 atom stereocenters. The molecule has 1 rings (SSSR count). The average Bonchev–Trinajstić information content (AvgIpc) is 2.18. The lowest BCUT2D eigenvalue weighted by molar-refractivity contribution is -0.253. The average molecular weight is 222 g/mol. The number of nitrogens with one attached hydrogen (secondary N) is 1. The molecular weight excluding hydrogens is 207 g/mol. The molecule has 0 aromatic heterocycles. The SMILES string of the molecule is C[13C](=O)N[C@H]1C(O)O[C@H](CO)[C@H](O)[C@@H]1O. The highest BCUT2D eigenvalue weighted by Crippen LogP contribution is 2.19. The number of aliphatic hydroxyl groups excluding tert-OH is 4. The molecule has 0 radical (unpaired) electrons. The topological polar surface area (TPSA) is 119 Å². The van der Waals surface area contributed by atoms with Gasteiger partial charge in [-0.2, -0.15) is 0 Å². The van der Waals surface area contributed by atoms with E-state index in [0.29, 0.717) is 0 Å². The molecule has 1 unspecified atom stereocenters. The van der Waals surface area contributed by atoms with Crippen LogP contribution in [0.15, 0.2) is 0 Å². The molecule has 0 bridgehead atoms. The van der Waals surface area contributed by atoms with Gasteiger partial charge in [-0.3, -0.25) is 4.79 Å². The van der Waals surface area contributed by atoms with Crippen molar-refractivity contribution in [2.75, 3.05) is 6.61 Å². The molecule has 1 aliphatic rings. The number of carbonyl (C=O) groups excluding carboxylic acids is 1. The standard InChI is InChI=1S/C8H15NO6/c1-3(11)9-5-7(13)6(12)4(2-10)15-8(5)14/h4-8,10,12-14H,2H2,1H3,(H,9,11)/t4-,5-,6+,7-,8?/m1/s1/i3+1. The molecule has 0 spiro atoms. The molecule has 5 N–H and O–H groups in total. The Morgan fingerprint density at radius 2 is 1.93 bits per heavy atom. The van der Waals surface area contributed by atoms with E-state index in [9.17, 15) is 20.1 Å². The molecule has 1 aliphatic heterocycles. The molecule has 1 fully saturated rings. The predicted molar refractivity (Wildman–Crippen MR) is 47.6 cm³/mol. The summed E-state index contributed by atoms with van der Waals surface area (Å²) in [6.45, 7) is 0.687. The monoisotopic (exact) mass is 222 g/mol. The molecule has 88 valence electrons. The lowest BCUT2D eigenvalue weighted by Gasteiger charge is -2.40. The maximum Gasteiger partial charge on any atom is 0.217 e. The van der Waals surface area contributed by atoms with Crippen molar-refractivity contribution in [1.29, 1.82) is 0 Å². The van der Waals surface area contributed by atoms with Gasteiger partial charge >= 0.3 is 0 Å². The summed E-state index contributed by atoms with van der Waals surface area (Å²) < 4.78 is 4.81. The first-order valence-corrected chi connectivity index (χ1v) is 4.55. The quantitative estimate of drug-likeness (QED) is 0.316. The van der Waals surface area contributed by atoms with E-state index in [4.69, 9.17) is 9.84 Å². The summed E-state index contributed by atoms with van der Waals surface area (Å²) in [5.74, 6) is -0.462. The summed E-state index contributed by atoms with van der Waals surface area (Å²) in [6, 6.07) is -1.10. The number of rotatable bonds is 2. The van der Waals surface area contributed by atoms with Gasteiger partial charge < -0.3 is 30.5 Å². The van der Waals surface area contributed by atoms with Crippen LogP contribution in [0.1, 0.15) is 6.92 Å². The van der Waals surface area contributed by atoms with Crippen molar-refractivity contribution in [2.45, 2.75) is 37.6 Å². The van der Waals surface area contributed by atoms with Gasteiger partial charge in [0.2, 0.25) is 5.91 Å². The van der Waals surface area contributed by atoms with Crippen molar-refractivity contribution < 1.29 is 30.0 Å². The van der Waals surface area contributed by atoms with Crippen molar-refractivity contribution in [3.63, 3.8) is 0 Å². The van der Waals surface area contributed by atoms with Crippen molar-refractivity contribution >= 4 is 5.91 Å². The largest absolute Gasteiger partial charge is 0.394 e. The van der Waals surface area contributed by atoms with E-state index >= 15 is 0 Å². The molecule has 1 saturated heterocycles. The second-order valence-corrected chi connectivity index (χ2v) is 3.46. The van der Waals surface area contributed by atoms with E-state index in [1.54, 1.807) is 0 Å². The molecular formula is C8H15NO6. The van der Waals surface area contributed by atoms with Crippen LogP contribution < -0.4 is 5.32 Å². The van der Waals surface area contributed by atoms with Gasteiger partial charge in [0.1, 0.15) is 24.4 Å². The fourth-order valence-electron chi connectivity index (χ4n) is 1.49. The van der Waals surface area contributed by atoms with Crippen LogP contribution in [0.4, 0.5) is 0 Å². The van der Waals surface area contributed by atoms with Gasteiger partial charge in [0.25, 0.3) is 0 Å². The van der Waals surface area contributed by atoms with Gasteiger partial charge in [0, 0.05) is 6.92 Å². The normalized spacial score (nSPS) is 41.3. The highest BCUT2D eigenvalue weighted by molar-refractivity contribution is 5.73. The lowest BCUT2D eigenvalue weighted by atomic mass is 9.97. The van der Waals surface area contributed by atoms with Gasteiger partial charge in [0.15, 0.2) is 6.29 Å². The fraction of sp³-hybridized carbons (Fsp3) is 0.875. The molecule has 1 amide bonds. The summed E-state index contributed by atoms with van der Waals surface area (Å²) in [6.07, 6.45) is -5.24. The van der Waals surface area contributed by atoms with Crippen LogP contribution in [0, 0.1) is 0 Å². The van der Waals surface area contributed by atoms with Crippen LogP contribution in [0.5, 0.6) is 0 Å². The van der Waals surface area contributed by atoms with E-state index in [2.05, 4.69) is 5.32 Å². The summed E-state index contributed by atoms with van der Waals surface area (Å²) in [4.78, 5) is 10.7. The highest BCUT2D eigenvalue weighted by Gasteiger charge is 2.43. The Labute approximate surface area is 86.3 Å². The molecule has 0 aromatic rings. The minimum Gasteiger partial charge on any atom is -0.394 e. The number of hydrogen-bond donors (Lipinski definition) is 5. The van der Waals surface area contributed by atoms with E-state index in [-0.39, 0.29) is 0 Å². The summed E-state index contributed by atoms with van der Waals surface area (Å²) in [7, 11) is 0. The van der Waals surface area contributed by atoms with Crippen LogP contribution in [-0.2, 0) is 9.53 Å². The first-order chi connectivity index (χ1) is 6.97. The minimum atomic E-state index is -1.45. The third-order valence-electron chi connectivity index (χ3n) is 2.27. The fourth-order valence-corrected chi connectivity index (χ4v) is 1.49. The van der Waals surface area contributed by atoms with Crippen LogP contribution in [0.25, 0.3) is 0 Å². The van der Waals surface area contributed by atoms with Crippen LogP contribution >= 0.6 is 0 Å². The number of carbonyl (C=O) groups is 1. The second-order valence-electron chi connectivity index (χ2n) is 3.46. The molecule has 7 nitrogen and oxygen atoms in total. The number of aliphatic hydroxyl groups is 4. The van der Waals surface area contributed by atoms with Crippen molar-refractivity contribution in [3.8, 4) is 0 Å². The van der Waals surface area contributed by atoms with Gasteiger partial charge in [0.05, 0.1) is 6.61 Å². The Bertz CT molecular complexity index is 235. The first-order valence-electron chi connectivity index (χ1n) is 4.55. The summed E-state index contributed by atoms with van der Waals surface area (Å²) in [5, 5.41) is 39.4. The van der Waals surface area contributed by atoms with Gasteiger partial charge in [-0.05, 0) is 0 Å². The van der Waals surface area contributed by atoms with Gasteiger partial charge in [-0.15, -0.1) is 0 Å². The smallest absolute Gasteiger partial charge is 0.217 e. The maximum absolute atomic E-state index is 10.7. The zero-order valence-corrected chi connectivity index (χ0v) is 8.20. The van der Waals surface area contributed by atoms with E-state index in [1.807, 2.05) is 0 Å². The van der Waals surface area contributed by atoms with Gasteiger partial charge in [-0.1, -0.05) is 0 Å². The molecule has 0 aliphatic carbocycles. The van der Waals surface area contributed by atoms with Crippen molar-refractivity contribution in [2.24, 2.45) is 0 Å². The van der Waals surface area contributed by atoms with Gasteiger partial charge in [-0.25, -0.2) is 0 Å². The van der Waals surface area contributed by atoms with E-state index < -0.39 is 43.2 Å². The number of hydrogen-bond acceptors (Lipinski definition) is 6. The zero-order valence-electron chi connectivity index (χ0n) is 8.20. The van der Waals surface area contributed by atoms with Crippen LogP contribution in [0.3, 0.4) is 0 Å². The third kappa shape index (κ3) is 2.64. The molecule has 0 saturated carbocycles. The Morgan fingerprint density at radius 1 is 1.33 bits per heavy atom. The van der Waals surface area contributed by atoms with E-state index in [0.717, 1.165) is 0 Å². The molecule has 0 aromatic carbocycles. The Kier molecular flexibility index (Phi) is 4.00. The zero-order chi connectivity index (χ0) is 11.6.